The smallest absolute Gasteiger partial charge is 0.416 e. The maximum Gasteiger partial charge on any atom is 0.416 e. The van der Waals surface area contributed by atoms with E-state index in [0.29, 0.717) is 17.7 Å². The first-order chi connectivity index (χ1) is 10.3. The van der Waals surface area contributed by atoms with Crippen LogP contribution >= 0.6 is 0 Å². The Morgan fingerprint density at radius 2 is 2.05 bits per heavy atom. The number of allylic oxidation sites excluding steroid dienone is 3. The van der Waals surface area contributed by atoms with Gasteiger partial charge in [0.05, 0.1) is 12.2 Å². The normalized spacial score (nSPS) is 12.7. The standard InChI is InChI=1S/C17H19F3O2/c1-3-4-11-22-16(21)10-5-7-13(2)14-8-6-9-15(12-14)17(18,19)20/h5-10,12H,3-4,11H2,1-2H3/b10-5+,13-7-. The molecule has 1 rings (SSSR count). The molecular weight excluding hydrogens is 293 g/mol. The van der Waals surface area contributed by atoms with Gasteiger partial charge >= 0.3 is 12.1 Å². The molecule has 1 aromatic carbocycles. The third-order valence-electron chi connectivity index (χ3n) is 2.97. The van der Waals surface area contributed by atoms with Crippen LogP contribution in [-0.4, -0.2) is 12.6 Å². The van der Waals surface area contributed by atoms with Crippen LogP contribution in [0.4, 0.5) is 13.2 Å². The second kappa shape index (κ2) is 8.41. The number of halogens is 3. The van der Waals surface area contributed by atoms with Gasteiger partial charge in [0.15, 0.2) is 0 Å². The van der Waals surface area contributed by atoms with E-state index in [-0.39, 0.29) is 0 Å². The summed E-state index contributed by atoms with van der Waals surface area (Å²) in [7, 11) is 0. The first kappa shape index (κ1) is 18.0. The summed E-state index contributed by atoms with van der Waals surface area (Å²) in [6.45, 7) is 4.04. The number of alkyl halides is 3. The third kappa shape index (κ3) is 6.16. The van der Waals surface area contributed by atoms with E-state index < -0.39 is 17.7 Å². The van der Waals surface area contributed by atoms with Crippen LogP contribution in [0.15, 0.2) is 42.5 Å². The van der Waals surface area contributed by atoms with Crippen molar-refractivity contribution in [2.24, 2.45) is 0 Å². The number of rotatable bonds is 6. The molecule has 0 bridgehead atoms. The molecule has 0 atom stereocenters. The van der Waals surface area contributed by atoms with Crippen LogP contribution in [0.5, 0.6) is 0 Å². The number of carbonyl (C=O) groups excluding carboxylic acids is 1. The monoisotopic (exact) mass is 312 g/mol. The lowest BCUT2D eigenvalue weighted by Gasteiger charge is -2.08. The molecule has 0 heterocycles. The predicted molar refractivity (Wildman–Crippen MR) is 80.1 cm³/mol. The van der Waals surface area contributed by atoms with E-state index in [0.717, 1.165) is 25.0 Å². The van der Waals surface area contributed by atoms with Crippen LogP contribution in [0.2, 0.25) is 0 Å². The van der Waals surface area contributed by atoms with Gasteiger partial charge < -0.3 is 4.74 Å². The molecule has 5 heteroatoms. The van der Waals surface area contributed by atoms with Gasteiger partial charge in [0, 0.05) is 6.08 Å². The summed E-state index contributed by atoms with van der Waals surface area (Å²) in [5.41, 5.74) is 0.392. The van der Waals surface area contributed by atoms with Crippen LogP contribution < -0.4 is 0 Å². The Hall–Kier alpha value is -2.04. The SMILES string of the molecule is CCCCOC(=O)/C=C/C=C(/C)c1cccc(C(F)(F)F)c1. The van der Waals surface area contributed by atoms with Crippen molar-refractivity contribution >= 4 is 11.5 Å². The lowest BCUT2D eigenvalue weighted by molar-refractivity contribution is -0.138. The molecule has 0 amide bonds. The molecule has 1 aromatic rings. The molecule has 0 saturated carbocycles. The van der Waals surface area contributed by atoms with Gasteiger partial charge in [-0.15, -0.1) is 0 Å². The Bertz CT molecular complexity index is 557. The van der Waals surface area contributed by atoms with Crippen molar-refractivity contribution in [3.8, 4) is 0 Å². The summed E-state index contributed by atoms with van der Waals surface area (Å²) >= 11 is 0. The van der Waals surface area contributed by atoms with Gasteiger partial charge in [-0.2, -0.15) is 13.2 Å². The molecule has 22 heavy (non-hydrogen) atoms. The average Bonchev–Trinajstić information content (AvgIpc) is 2.46. The van der Waals surface area contributed by atoms with Crippen molar-refractivity contribution in [1.82, 2.24) is 0 Å². The quantitative estimate of drug-likeness (QED) is 0.319. The van der Waals surface area contributed by atoms with Crippen LogP contribution in [-0.2, 0) is 15.7 Å². The topological polar surface area (TPSA) is 26.3 Å². The molecular formula is C17H19F3O2. The average molecular weight is 312 g/mol. The summed E-state index contributed by atoms with van der Waals surface area (Å²) in [6.07, 6.45) is 1.69. The van der Waals surface area contributed by atoms with Crippen LogP contribution in [0.25, 0.3) is 5.57 Å². The van der Waals surface area contributed by atoms with Gasteiger partial charge in [0.1, 0.15) is 0 Å². The highest BCUT2D eigenvalue weighted by Crippen LogP contribution is 2.30. The largest absolute Gasteiger partial charge is 0.463 e. The Morgan fingerprint density at radius 3 is 2.68 bits per heavy atom. The van der Waals surface area contributed by atoms with E-state index in [1.54, 1.807) is 19.1 Å². The van der Waals surface area contributed by atoms with Gasteiger partial charge in [-0.05, 0) is 36.6 Å². The van der Waals surface area contributed by atoms with Crippen LogP contribution in [0.1, 0.15) is 37.8 Å². The number of benzene rings is 1. The van der Waals surface area contributed by atoms with Gasteiger partial charge in [-0.25, -0.2) is 4.79 Å². The highest BCUT2D eigenvalue weighted by atomic mass is 19.4. The number of ether oxygens (including phenoxy) is 1. The number of unbranched alkanes of at least 4 members (excludes halogenated alkanes) is 1. The Morgan fingerprint density at radius 1 is 1.32 bits per heavy atom. The molecule has 0 aliphatic rings. The van der Waals surface area contributed by atoms with Crippen molar-refractivity contribution in [2.75, 3.05) is 6.61 Å². The van der Waals surface area contributed by atoms with Crippen LogP contribution in [0, 0.1) is 0 Å². The molecule has 0 unspecified atom stereocenters. The minimum atomic E-state index is -4.37. The molecule has 2 nitrogen and oxygen atoms in total. The maximum atomic E-state index is 12.6. The predicted octanol–water partition coefficient (Wildman–Crippen LogP) is 5.01. The fraction of sp³-hybridized carbons (Fsp3) is 0.353. The van der Waals surface area contributed by atoms with Crippen molar-refractivity contribution in [3.63, 3.8) is 0 Å². The number of esters is 1. The third-order valence-corrected chi connectivity index (χ3v) is 2.97. The van der Waals surface area contributed by atoms with Gasteiger partial charge in [0.25, 0.3) is 0 Å². The Balaban J connectivity index is 2.71. The highest BCUT2D eigenvalue weighted by Gasteiger charge is 2.30. The van der Waals surface area contributed by atoms with Crippen LogP contribution in [0.3, 0.4) is 0 Å². The van der Waals surface area contributed by atoms with Crippen molar-refractivity contribution in [3.05, 3.63) is 53.6 Å². The lowest BCUT2D eigenvalue weighted by atomic mass is 10.0. The van der Waals surface area contributed by atoms with Crippen molar-refractivity contribution in [1.29, 1.82) is 0 Å². The molecule has 0 aromatic heterocycles. The zero-order valence-electron chi connectivity index (χ0n) is 12.6. The number of hydrogen-bond donors (Lipinski definition) is 0. The molecule has 0 aliphatic carbocycles. The molecule has 0 aliphatic heterocycles. The number of hydrogen-bond acceptors (Lipinski definition) is 2. The van der Waals surface area contributed by atoms with Crippen molar-refractivity contribution < 1.29 is 22.7 Å². The Kier molecular flexibility index (Phi) is 6.89. The maximum absolute atomic E-state index is 12.6. The minimum Gasteiger partial charge on any atom is -0.463 e. The highest BCUT2D eigenvalue weighted by molar-refractivity contribution is 5.82. The van der Waals surface area contributed by atoms with E-state index in [4.69, 9.17) is 4.74 Å². The minimum absolute atomic E-state index is 0.371. The number of carbonyl (C=O) groups is 1. The van der Waals surface area contributed by atoms with Gasteiger partial charge in [-0.1, -0.05) is 37.6 Å². The van der Waals surface area contributed by atoms with E-state index in [1.807, 2.05) is 6.92 Å². The first-order valence-corrected chi connectivity index (χ1v) is 7.04. The van der Waals surface area contributed by atoms with E-state index in [9.17, 15) is 18.0 Å². The van der Waals surface area contributed by atoms with Gasteiger partial charge in [0.2, 0.25) is 0 Å². The summed E-state index contributed by atoms with van der Waals surface area (Å²) in [5, 5.41) is 0. The molecule has 0 spiro atoms. The van der Waals surface area contributed by atoms with E-state index in [2.05, 4.69) is 0 Å². The Labute approximate surface area is 128 Å². The molecule has 0 fully saturated rings. The second-order valence-corrected chi connectivity index (χ2v) is 4.81. The summed E-state index contributed by atoms with van der Waals surface area (Å²) in [5.74, 6) is -0.457. The molecule has 120 valence electrons. The van der Waals surface area contributed by atoms with Crippen molar-refractivity contribution in [2.45, 2.75) is 32.9 Å². The fourth-order valence-corrected chi connectivity index (χ4v) is 1.67. The van der Waals surface area contributed by atoms with Gasteiger partial charge in [-0.3, -0.25) is 0 Å². The van der Waals surface area contributed by atoms with E-state index >= 15 is 0 Å². The fourth-order valence-electron chi connectivity index (χ4n) is 1.67. The summed E-state index contributed by atoms with van der Waals surface area (Å²) in [4.78, 5) is 11.3. The second-order valence-electron chi connectivity index (χ2n) is 4.81. The molecule has 0 radical (unpaired) electrons. The first-order valence-electron chi connectivity index (χ1n) is 7.04. The molecule has 0 saturated heterocycles. The summed E-state index contributed by atoms with van der Waals surface area (Å²) < 4.78 is 42.9. The molecule has 0 N–H and O–H groups in total. The van der Waals surface area contributed by atoms with E-state index in [1.165, 1.54) is 18.2 Å². The summed E-state index contributed by atoms with van der Waals surface area (Å²) in [6, 6.07) is 5.06. The zero-order valence-corrected chi connectivity index (χ0v) is 12.6. The lowest BCUT2D eigenvalue weighted by Crippen LogP contribution is -2.04. The zero-order chi connectivity index (χ0) is 16.6.